The van der Waals surface area contributed by atoms with E-state index in [4.69, 9.17) is 0 Å². The summed E-state index contributed by atoms with van der Waals surface area (Å²) in [7, 11) is 0. The number of nitrogens with zero attached hydrogens (tertiary/aromatic N) is 3. The van der Waals surface area contributed by atoms with Crippen LogP contribution in [0.2, 0.25) is 0 Å². The summed E-state index contributed by atoms with van der Waals surface area (Å²) < 4.78 is 0. The quantitative estimate of drug-likeness (QED) is 0.867. The van der Waals surface area contributed by atoms with Crippen LogP contribution in [0.15, 0.2) is 48.8 Å². The Morgan fingerprint density at radius 3 is 2.46 bits per heavy atom. The molecule has 0 aliphatic carbocycles. The third-order valence-electron chi connectivity index (χ3n) is 4.27. The number of aromatic nitrogens is 1. The topological polar surface area (TPSA) is 53.5 Å². The van der Waals surface area contributed by atoms with Gasteiger partial charge in [-0.05, 0) is 24.6 Å². The minimum Gasteiger partial charge on any atom is -0.339 e. The number of aryl methyl sites for hydroxylation is 1. The molecule has 2 aromatic rings. The fourth-order valence-corrected chi connectivity index (χ4v) is 2.94. The third-order valence-corrected chi connectivity index (χ3v) is 4.27. The first kappa shape index (κ1) is 16.2. The van der Waals surface area contributed by atoms with E-state index in [1.54, 1.807) is 29.4 Å². The Bertz CT molecular complexity index is 722. The van der Waals surface area contributed by atoms with Gasteiger partial charge in [0.05, 0.1) is 12.0 Å². The molecule has 3 rings (SSSR count). The van der Waals surface area contributed by atoms with Gasteiger partial charge in [-0.2, -0.15) is 0 Å². The van der Waals surface area contributed by atoms with Crippen molar-refractivity contribution < 1.29 is 9.59 Å². The van der Waals surface area contributed by atoms with Gasteiger partial charge in [-0.15, -0.1) is 0 Å². The summed E-state index contributed by atoms with van der Waals surface area (Å²) >= 11 is 0. The second-order valence-electron chi connectivity index (χ2n) is 6.08. The molecular formula is C19H21N3O2. The van der Waals surface area contributed by atoms with Gasteiger partial charge in [0.15, 0.2) is 0 Å². The Balaban J connectivity index is 1.55. The van der Waals surface area contributed by atoms with E-state index in [-0.39, 0.29) is 11.8 Å². The van der Waals surface area contributed by atoms with Crippen LogP contribution in [0.25, 0.3) is 0 Å². The maximum Gasteiger partial charge on any atom is 0.255 e. The molecule has 1 aromatic carbocycles. The van der Waals surface area contributed by atoms with Crippen molar-refractivity contribution in [3.63, 3.8) is 0 Å². The van der Waals surface area contributed by atoms with Crippen LogP contribution >= 0.6 is 0 Å². The molecule has 0 atom stereocenters. The lowest BCUT2D eigenvalue weighted by molar-refractivity contribution is -0.131. The molecule has 5 nitrogen and oxygen atoms in total. The van der Waals surface area contributed by atoms with E-state index < -0.39 is 0 Å². The Morgan fingerprint density at radius 2 is 1.79 bits per heavy atom. The molecule has 1 aliphatic heterocycles. The molecule has 0 bridgehead atoms. The van der Waals surface area contributed by atoms with Crippen molar-refractivity contribution in [2.24, 2.45) is 0 Å². The number of hydrogen-bond donors (Lipinski definition) is 0. The minimum absolute atomic E-state index is 0.0196. The molecule has 1 fully saturated rings. The molecule has 124 valence electrons. The first-order chi connectivity index (χ1) is 11.6. The van der Waals surface area contributed by atoms with E-state index in [1.165, 1.54) is 0 Å². The van der Waals surface area contributed by atoms with Gasteiger partial charge < -0.3 is 9.80 Å². The first-order valence-corrected chi connectivity index (χ1v) is 8.16. The Morgan fingerprint density at radius 1 is 1.04 bits per heavy atom. The monoisotopic (exact) mass is 323 g/mol. The zero-order chi connectivity index (χ0) is 16.9. The molecule has 1 saturated heterocycles. The molecule has 1 aliphatic rings. The molecule has 2 amide bonds. The first-order valence-electron chi connectivity index (χ1n) is 8.16. The number of carbonyl (C=O) groups excluding carboxylic acids is 2. The highest BCUT2D eigenvalue weighted by molar-refractivity contribution is 5.94. The number of hydrogen-bond acceptors (Lipinski definition) is 3. The Hall–Kier alpha value is -2.69. The standard InChI is InChI=1S/C19H21N3O2/c1-15-4-2-5-16(12-15)13-18(23)21-8-10-22(11-9-21)19(24)17-6-3-7-20-14-17/h2-7,12,14H,8-11,13H2,1H3. The summed E-state index contributed by atoms with van der Waals surface area (Å²) in [5.74, 6) is 0.1000. The predicted octanol–water partition coefficient (Wildman–Crippen LogP) is 1.92. The highest BCUT2D eigenvalue weighted by atomic mass is 16.2. The number of benzene rings is 1. The Labute approximate surface area is 141 Å². The number of rotatable bonds is 3. The van der Waals surface area contributed by atoms with E-state index in [0.29, 0.717) is 38.2 Å². The second kappa shape index (κ2) is 7.25. The average Bonchev–Trinajstić information content (AvgIpc) is 2.62. The predicted molar refractivity (Wildman–Crippen MR) is 91.6 cm³/mol. The van der Waals surface area contributed by atoms with E-state index in [1.807, 2.05) is 36.1 Å². The minimum atomic E-state index is -0.0196. The summed E-state index contributed by atoms with van der Waals surface area (Å²) in [5, 5.41) is 0. The second-order valence-corrected chi connectivity index (χ2v) is 6.08. The van der Waals surface area contributed by atoms with Crippen LogP contribution in [0, 0.1) is 6.92 Å². The number of piperazine rings is 1. The molecule has 0 spiro atoms. The number of amides is 2. The zero-order valence-electron chi connectivity index (χ0n) is 13.8. The average molecular weight is 323 g/mol. The van der Waals surface area contributed by atoms with Crippen molar-refractivity contribution in [2.75, 3.05) is 26.2 Å². The van der Waals surface area contributed by atoms with Crippen molar-refractivity contribution in [3.8, 4) is 0 Å². The van der Waals surface area contributed by atoms with Crippen molar-refractivity contribution >= 4 is 11.8 Å². The van der Waals surface area contributed by atoms with Gasteiger partial charge in [-0.25, -0.2) is 0 Å². The smallest absolute Gasteiger partial charge is 0.255 e. The SMILES string of the molecule is Cc1cccc(CC(=O)N2CCN(C(=O)c3cccnc3)CC2)c1. The lowest BCUT2D eigenvalue weighted by atomic mass is 10.1. The number of carbonyl (C=O) groups is 2. The van der Waals surface area contributed by atoms with Crippen LogP contribution in [0.3, 0.4) is 0 Å². The van der Waals surface area contributed by atoms with E-state index in [9.17, 15) is 9.59 Å². The maximum atomic E-state index is 12.4. The van der Waals surface area contributed by atoms with Crippen LogP contribution < -0.4 is 0 Å². The van der Waals surface area contributed by atoms with Crippen LogP contribution in [0.1, 0.15) is 21.5 Å². The molecule has 2 heterocycles. The van der Waals surface area contributed by atoms with Crippen LogP contribution in [-0.2, 0) is 11.2 Å². The highest BCUT2D eigenvalue weighted by Crippen LogP contribution is 2.11. The van der Waals surface area contributed by atoms with E-state index in [0.717, 1.165) is 11.1 Å². The van der Waals surface area contributed by atoms with Gasteiger partial charge in [-0.3, -0.25) is 14.6 Å². The third kappa shape index (κ3) is 3.79. The molecule has 1 aromatic heterocycles. The lowest BCUT2D eigenvalue weighted by Gasteiger charge is -2.34. The summed E-state index contributed by atoms with van der Waals surface area (Å²) in [4.78, 5) is 32.4. The summed E-state index contributed by atoms with van der Waals surface area (Å²) in [6.45, 7) is 4.31. The van der Waals surface area contributed by atoms with Gasteiger partial charge in [-0.1, -0.05) is 29.8 Å². The van der Waals surface area contributed by atoms with Crippen molar-refractivity contribution in [1.82, 2.24) is 14.8 Å². The summed E-state index contributed by atoms with van der Waals surface area (Å²) in [5.41, 5.74) is 2.79. The van der Waals surface area contributed by atoms with Gasteiger partial charge in [0.1, 0.15) is 0 Å². The van der Waals surface area contributed by atoms with Crippen LogP contribution in [0.4, 0.5) is 0 Å². The maximum absolute atomic E-state index is 12.4. The molecule has 0 unspecified atom stereocenters. The molecule has 24 heavy (non-hydrogen) atoms. The highest BCUT2D eigenvalue weighted by Gasteiger charge is 2.24. The normalized spacial score (nSPS) is 14.5. The van der Waals surface area contributed by atoms with Crippen LogP contribution in [-0.4, -0.2) is 52.8 Å². The van der Waals surface area contributed by atoms with E-state index in [2.05, 4.69) is 4.98 Å². The largest absolute Gasteiger partial charge is 0.339 e. The molecule has 0 radical (unpaired) electrons. The Kier molecular flexibility index (Phi) is 4.89. The van der Waals surface area contributed by atoms with Gasteiger partial charge in [0, 0.05) is 38.6 Å². The fraction of sp³-hybridized carbons (Fsp3) is 0.316. The van der Waals surface area contributed by atoms with Gasteiger partial charge >= 0.3 is 0 Å². The van der Waals surface area contributed by atoms with Gasteiger partial charge in [0.2, 0.25) is 5.91 Å². The molecular weight excluding hydrogens is 302 g/mol. The summed E-state index contributed by atoms with van der Waals surface area (Å²) in [6.07, 6.45) is 3.65. The zero-order valence-corrected chi connectivity index (χ0v) is 13.8. The van der Waals surface area contributed by atoms with Crippen molar-refractivity contribution in [1.29, 1.82) is 0 Å². The van der Waals surface area contributed by atoms with Crippen LogP contribution in [0.5, 0.6) is 0 Å². The molecule has 0 N–H and O–H groups in total. The van der Waals surface area contributed by atoms with Crippen molar-refractivity contribution in [3.05, 3.63) is 65.5 Å². The number of pyridine rings is 1. The fourth-order valence-electron chi connectivity index (χ4n) is 2.94. The molecule has 0 saturated carbocycles. The lowest BCUT2D eigenvalue weighted by Crippen LogP contribution is -2.51. The van der Waals surface area contributed by atoms with Crippen molar-refractivity contribution in [2.45, 2.75) is 13.3 Å². The summed E-state index contributed by atoms with van der Waals surface area (Å²) in [6, 6.07) is 11.5. The van der Waals surface area contributed by atoms with Gasteiger partial charge in [0.25, 0.3) is 5.91 Å². The van der Waals surface area contributed by atoms with E-state index >= 15 is 0 Å². The molecule has 5 heteroatoms.